The molecule has 2 nitrogen and oxygen atoms in total. The molecule has 0 atom stereocenters. The Balaban J connectivity index is 2.64. The SMILES string of the molecule is Cc1cc(-c2cc(C(=O)O)cc(C(F)(F)F)c2)ccc1F. The van der Waals surface area contributed by atoms with E-state index in [0.29, 0.717) is 11.6 Å². The quantitative estimate of drug-likeness (QED) is 0.828. The lowest BCUT2D eigenvalue weighted by molar-refractivity contribution is -0.137. The van der Waals surface area contributed by atoms with Crippen LogP contribution in [0.1, 0.15) is 21.5 Å². The maximum Gasteiger partial charge on any atom is 0.416 e. The number of alkyl halides is 3. The largest absolute Gasteiger partial charge is 0.478 e. The minimum atomic E-state index is -4.66. The minimum Gasteiger partial charge on any atom is -0.478 e. The van der Waals surface area contributed by atoms with Gasteiger partial charge in [0.15, 0.2) is 0 Å². The molecule has 6 heteroatoms. The smallest absolute Gasteiger partial charge is 0.416 e. The van der Waals surface area contributed by atoms with Gasteiger partial charge in [0.2, 0.25) is 0 Å². The monoisotopic (exact) mass is 298 g/mol. The van der Waals surface area contributed by atoms with Crippen LogP contribution in [0.2, 0.25) is 0 Å². The molecule has 0 fully saturated rings. The van der Waals surface area contributed by atoms with Crippen LogP contribution in [0.25, 0.3) is 11.1 Å². The Morgan fingerprint density at radius 2 is 1.71 bits per heavy atom. The zero-order valence-corrected chi connectivity index (χ0v) is 10.8. The van der Waals surface area contributed by atoms with Gasteiger partial charge in [0, 0.05) is 0 Å². The second-order valence-electron chi connectivity index (χ2n) is 4.57. The van der Waals surface area contributed by atoms with Gasteiger partial charge in [0.05, 0.1) is 11.1 Å². The number of carboxylic acid groups (broad SMARTS) is 1. The molecule has 0 aliphatic carbocycles. The maximum atomic E-state index is 13.2. The van der Waals surface area contributed by atoms with Gasteiger partial charge in [-0.2, -0.15) is 13.2 Å². The third-order valence-electron chi connectivity index (χ3n) is 3.00. The lowest BCUT2D eigenvalue weighted by Gasteiger charge is -2.11. The number of carbonyl (C=O) groups is 1. The average Bonchev–Trinajstić information content (AvgIpc) is 2.40. The first kappa shape index (κ1) is 15.0. The Labute approximate surface area is 117 Å². The maximum absolute atomic E-state index is 13.2. The van der Waals surface area contributed by atoms with Crippen molar-refractivity contribution in [3.63, 3.8) is 0 Å². The summed E-state index contributed by atoms with van der Waals surface area (Å²) in [5.74, 6) is -1.94. The Morgan fingerprint density at radius 3 is 2.24 bits per heavy atom. The molecule has 0 amide bonds. The van der Waals surface area contributed by atoms with E-state index in [1.807, 2.05) is 0 Å². The number of aryl methyl sites for hydroxylation is 1. The van der Waals surface area contributed by atoms with Gasteiger partial charge >= 0.3 is 12.1 Å². The van der Waals surface area contributed by atoms with Crippen molar-refractivity contribution in [2.24, 2.45) is 0 Å². The fourth-order valence-electron chi connectivity index (χ4n) is 1.91. The molecule has 0 saturated carbocycles. The number of benzene rings is 2. The molecular weight excluding hydrogens is 288 g/mol. The van der Waals surface area contributed by atoms with Crippen LogP contribution in [0.15, 0.2) is 36.4 Å². The molecule has 0 spiro atoms. The Hall–Kier alpha value is -2.37. The number of rotatable bonds is 2. The second kappa shape index (κ2) is 5.20. The van der Waals surface area contributed by atoms with Gasteiger partial charge in [-0.15, -0.1) is 0 Å². The molecule has 0 aliphatic rings. The molecule has 110 valence electrons. The summed E-state index contributed by atoms with van der Waals surface area (Å²) in [4.78, 5) is 11.0. The number of aromatic carboxylic acids is 1. The lowest BCUT2D eigenvalue weighted by atomic mass is 9.98. The van der Waals surface area contributed by atoms with E-state index >= 15 is 0 Å². The fourth-order valence-corrected chi connectivity index (χ4v) is 1.91. The van der Waals surface area contributed by atoms with E-state index < -0.39 is 29.1 Å². The molecule has 0 aromatic heterocycles. The van der Waals surface area contributed by atoms with Gasteiger partial charge in [0.1, 0.15) is 5.82 Å². The van der Waals surface area contributed by atoms with Crippen molar-refractivity contribution in [1.29, 1.82) is 0 Å². The highest BCUT2D eigenvalue weighted by Crippen LogP contribution is 2.33. The Kier molecular flexibility index (Phi) is 3.72. The molecule has 0 heterocycles. The summed E-state index contributed by atoms with van der Waals surface area (Å²) in [5, 5.41) is 8.92. The van der Waals surface area contributed by atoms with Crippen molar-refractivity contribution in [3.8, 4) is 11.1 Å². The number of hydrogen-bond acceptors (Lipinski definition) is 1. The Morgan fingerprint density at radius 1 is 1.05 bits per heavy atom. The van der Waals surface area contributed by atoms with Crippen LogP contribution in [0.3, 0.4) is 0 Å². The van der Waals surface area contributed by atoms with Crippen LogP contribution in [0, 0.1) is 12.7 Å². The molecule has 2 rings (SSSR count). The molecule has 2 aromatic carbocycles. The van der Waals surface area contributed by atoms with Crippen LogP contribution in [-0.4, -0.2) is 11.1 Å². The van der Waals surface area contributed by atoms with E-state index in [1.165, 1.54) is 19.1 Å². The van der Waals surface area contributed by atoms with Crippen LogP contribution in [0.5, 0.6) is 0 Å². The molecule has 1 N–H and O–H groups in total. The topological polar surface area (TPSA) is 37.3 Å². The number of halogens is 4. The van der Waals surface area contributed by atoms with Crippen LogP contribution < -0.4 is 0 Å². The van der Waals surface area contributed by atoms with Gasteiger partial charge in [-0.3, -0.25) is 0 Å². The molecule has 0 radical (unpaired) electrons. The summed E-state index contributed by atoms with van der Waals surface area (Å²) < 4.78 is 51.7. The third kappa shape index (κ3) is 3.21. The highest BCUT2D eigenvalue weighted by atomic mass is 19.4. The molecular formula is C15H10F4O2. The zero-order valence-electron chi connectivity index (χ0n) is 10.8. The fraction of sp³-hybridized carbons (Fsp3) is 0.133. The standard InChI is InChI=1S/C15H10F4O2/c1-8-4-9(2-3-13(8)16)10-5-11(14(20)21)7-12(6-10)15(17,18)19/h2-7H,1H3,(H,20,21). The molecule has 0 aliphatic heterocycles. The summed E-state index contributed by atoms with van der Waals surface area (Å²) in [5.41, 5.74) is -0.865. The minimum absolute atomic E-state index is 0.0744. The van der Waals surface area contributed by atoms with Crippen molar-refractivity contribution in [2.75, 3.05) is 0 Å². The molecule has 21 heavy (non-hydrogen) atoms. The summed E-state index contributed by atoms with van der Waals surface area (Å²) in [7, 11) is 0. The van der Waals surface area contributed by atoms with Crippen molar-refractivity contribution in [3.05, 3.63) is 58.9 Å². The first-order valence-electron chi connectivity index (χ1n) is 5.90. The average molecular weight is 298 g/mol. The van der Waals surface area contributed by atoms with Gasteiger partial charge < -0.3 is 5.11 Å². The van der Waals surface area contributed by atoms with Crippen molar-refractivity contribution in [1.82, 2.24) is 0 Å². The Bertz CT molecular complexity index is 705. The summed E-state index contributed by atoms with van der Waals surface area (Å²) in [6.07, 6.45) is -4.66. The molecule has 2 aromatic rings. The van der Waals surface area contributed by atoms with E-state index in [2.05, 4.69) is 0 Å². The molecule has 0 bridgehead atoms. The normalized spacial score (nSPS) is 11.5. The molecule has 0 saturated heterocycles. The predicted octanol–water partition coefficient (Wildman–Crippen LogP) is 4.52. The first-order valence-corrected chi connectivity index (χ1v) is 5.90. The van der Waals surface area contributed by atoms with Crippen LogP contribution in [0.4, 0.5) is 17.6 Å². The van der Waals surface area contributed by atoms with Crippen LogP contribution >= 0.6 is 0 Å². The highest BCUT2D eigenvalue weighted by molar-refractivity contribution is 5.90. The van der Waals surface area contributed by atoms with Gasteiger partial charge in [-0.1, -0.05) is 6.07 Å². The van der Waals surface area contributed by atoms with Crippen molar-refractivity contribution in [2.45, 2.75) is 13.1 Å². The van der Waals surface area contributed by atoms with Crippen molar-refractivity contribution < 1.29 is 27.5 Å². The van der Waals surface area contributed by atoms with Crippen LogP contribution in [-0.2, 0) is 6.18 Å². The van der Waals surface area contributed by atoms with E-state index in [1.54, 1.807) is 0 Å². The summed E-state index contributed by atoms with van der Waals surface area (Å²) in [6.45, 7) is 1.48. The van der Waals surface area contributed by atoms with Crippen molar-refractivity contribution >= 4 is 5.97 Å². The first-order chi connectivity index (χ1) is 9.68. The van der Waals surface area contributed by atoms with E-state index in [0.717, 1.165) is 18.2 Å². The van der Waals surface area contributed by atoms with Gasteiger partial charge in [-0.25, -0.2) is 9.18 Å². The zero-order chi connectivity index (χ0) is 15.8. The lowest BCUT2D eigenvalue weighted by Crippen LogP contribution is -2.08. The summed E-state index contributed by atoms with van der Waals surface area (Å²) >= 11 is 0. The predicted molar refractivity (Wildman–Crippen MR) is 68.5 cm³/mol. The second-order valence-corrected chi connectivity index (χ2v) is 4.57. The van der Waals surface area contributed by atoms with Gasteiger partial charge in [0.25, 0.3) is 0 Å². The summed E-state index contributed by atoms with van der Waals surface area (Å²) in [6, 6.07) is 6.36. The van der Waals surface area contributed by atoms with Gasteiger partial charge in [-0.05, 0) is 53.9 Å². The number of hydrogen-bond donors (Lipinski definition) is 1. The third-order valence-corrected chi connectivity index (χ3v) is 3.00. The van der Waals surface area contributed by atoms with E-state index in [9.17, 15) is 22.4 Å². The number of carboxylic acids is 1. The van der Waals surface area contributed by atoms with E-state index in [-0.39, 0.29) is 11.1 Å². The highest BCUT2D eigenvalue weighted by Gasteiger charge is 2.32. The van der Waals surface area contributed by atoms with E-state index in [4.69, 9.17) is 5.11 Å². The molecule has 0 unspecified atom stereocenters.